The van der Waals surface area contributed by atoms with Crippen molar-refractivity contribution in [2.45, 2.75) is 26.8 Å². The average molecular weight is 285 g/mol. The number of thiocarbonyl (C=S) groups is 1. The summed E-state index contributed by atoms with van der Waals surface area (Å²) in [5.41, 5.74) is 4.67. The summed E-state index contributed by atoms with van der Waals surface area (Å²) in [6, 6.07) is 10.4. The molecule has 2 aromatic rings. The van der Waals surface area contributed by atoms with E-state index in [4.69, 9.17) is 12.2 Å². The van der Waals surface area contributed by atoms with E-state index in [0.29, 0.717) is 5.11 Å². The van der Waals surface area contributed by atoms with Crippen LogP contribution in [0.15, 0.2) is 42.7 Å². The normalized spacial score (nSPS) is 11.8. The molecule has 0 fully saturated rings. The first-order valence-electron chi connectivity index (χ1n) is 6.61. The predicted molar refractivity (Wildman–Crippen MR) is 87.9 cm³/mol. The lowest BCUT2D eigenvalue weighted by Crippen LogP contribution is -2.31. The molecule has 1 aromatic carbocycles. The van der Waals surface area contributed by atoms with Gasteiger partial charge in [0.15, 0.2) is 5.11 Å². The molecular formula is C16H19N3S. The second-order valence-electron chi connectivity index (χ2n) is 4.92. The summed E-state index contributed by atoms with van der Waals surface area (Å²) in [7, 11) is 0. The number of nitrogens with zero attached hydrogens (tertiary/aromatic N) is 1. The number of rotatable bonds is 3. The van der Waals surface area contributed by atoms with Crippen LogP contribution in [-0.2, 0) is 0 Å². The van der Waals surface area contributed by atoms with Gasteiger partial charge in [0.05, 0.1) is 17.9 Å². The van der Waals surface area contributed by atoms with Crippen LogP contribution in [0.3, 0.4) is 0 Å². The van der Waals surface area contributed by atoms with Gasteiger partial charge in [0.1, 0.15) is 0 Å². The van der Waals surface area contributed by atoms with Crippen molar-refractivity contribution in [1.82, 2.24) is 10.3 Å². The fraction of sp³-hybridized carbons (Fsp3) is 0.250. The number of aromatic nitrogens is 1. The van der Waals surface area contributed by atoms with Crippen LogP contribution in [0, 0.1) is 13.8 Å². The summed E-state index contributed by atoms with van der Waals surface area (Å²) < 4.78 is 0. The fourth-order valence-corrected chi connectivity index (χ4v) is 2.40. The van der Waals surface area contributed by atoms with Crippen LogP contribution < -0.4 is 10.6 Å². The maximum atomic E-state index is 5.34. The molecule has 2 N–H and O–H groups in total. The molecule has 0 saturated heterocycles. The van der Waals surface area contributed by atoms with Crippen molar-refractivity contribution in [3.63, 3.8) is 0 Å². The first-order chi connectivity index (χ1) is 9.56. The van der Waals surface area contributed by atoms with Gasteiger partial charge in [0, 0.05) is 6.20 Å². The largest absolute Gasteiger partial charge is 0.356 e. The lowest BCUT2D eigenvalue weighted by atomic mass is 10.0. The Balaban J connectivity index is 2.02. The van der Waals surface area contributed by atoms with Crippen molar-refractivity contribution in [2.75, 3.05) is 5.32 Å². The van der Waals surface area contributed by atoms with Crippen molar-refractivity contribution in [3.8, 4) is 0 Å². The zero-order valence-corrected chi connectivity index (χ0v) is 12.8. The third kappa shape index (κ3) is 3.78. The number of nitrogens with one attached hydrogen (secondary N) is 2. The molecule has 104 valence electrons. The van der Waals surface area contributed by atoms with Crippen molar-refractivity contribution in [1.29, 1.82) is 0 Å². The standard InChI is InChI=1S/C16H19N3S/c1-11-6-7-12(2)15(9-11)13(3)18-16(20)19-14-5-4-8-17-10-14/h4-10,13H,1-3H3,(H2,18,19,20). The Labute approximate surface area is 125 Å². The van der Waals surface area contributed by atoms with Crippen LogP contribution in [0.5, 0.6) is 0 Å². The number of anilines is 1. The minimum atomic E-state index is 0.159. The fourth-order valence-electron chi connectivity index (χ4n) is 2.10. The van der Waals surface area contributed by atoms with Gasteiger partial charge in [-0.3, -0.25) is 4.98 Å². The Kier molecular flexibility index (Phi) is 4.69. The number of hydrogen-bond acceptors (Lipinski definition) is 2. The molecule has 0 aliphatic heterocycles. The van der Waals surface area contributed by atoms with Gasteiger partial charge in [-0.2, -0.15) is 0 Å². The molecule has 0 bridgehead atoms. The first kappa shape index (κ1) is 14.5. The van der Waals surface area contributed by atoms with Gasteiger partial charge in [0.25, 0.3) is 0 Å². The second-order valence-corrected chi connectivity index (χ2v) is 5.33. The molecular weight excluding hydrogens is 266 g/mol. The lowest BCUT2D eigenvalue weighted by molar-refractivity contribution is 0.716. The monoisotopic (exact) mass is 285 g/mol. The Bertz CT molecular complexity index is 596. The molecule has 0 saturated carbocycles. The molecule has 4 heteroatoms. The Morgan fingerprint density at radius 3 is 2.75 bits per heavy atom. The quantitative estimate of drug-likeness (QED) is 0.842. The van der Waals surface area contributed by atoms with Crippen LogP contribution >= 0.6 is 12.2 Å². The maximum absolute atomic E-state index is 5.34. The summed E-state index contributed by atoms with van der Waals surface area (Å²) in [6.45, 7) is 6.32. The lowest BCUT2D eigenvalue weighted by Gasteiger charge is -2.19. The summed E-state index contributed by atoms with van der Waals surface area (Å²) in [4.78, 5) is 4.05. The zero-order valence-electron chi connectivity index (χ0n) is 12.0. The molecule has 0 radical (unpaired) electrons. The van der Waals surface area contributed by atoms with Crippen molar-refractivity contribution in [2.24, 2.45) is 0 Å². The molecule has 1 heterocycles. The number of pyridine rings is 1. The molecule has 0 aliphatic rings. The SMILES string of the molecule is Cc1ccc(C)c(C(C)NC(=S)Nc2cccnc2)c1. The van der Waals surface area contributed by atoms with Crippen LogP contribution in [0.1, 0.15) is 29.7 Å². The molecule has 20 heavy (non-hydrogen) atoms. The number of benzene rings is 1. The zero-order chi connectivity index (χ0) is 14.5. The molecule has 1 unspecified atom stereocenters. The maximum Gasteiger partial charge on any atom is 0.171 e. The highest BCUT2D eigenvalue weighted by Crippen LogP contribution is 2.19. The average Bonchev–Trinajstić information content (AvgIpc) is 2.42. The van der Waals surface area contributed by atoms with E-state index in [0.717, 1.165) is 5.69 Å². The van der Waals surface area contributed by atoms with E-state index in [1.165, 1.54) is 16.7 Å². The molecule has 2 rings (SSSR count). The van der Waals surface area contributed by atoms with Gasteiger partial charge in [-0.1, -0.05) is 23.8 Å². The van der Waals surface area contributed by atoms with Crippen LogP contribution in [0.2, 0.25) is 0 Å². The van der Waals surface area contributed by atoms with Crippen LogP contribution in [-0.4, -0.2) is 10.1 Å². The smallest absolute Gasteiger partial charge is 0.171 e. The van der Waals surface area contributed by atoms with Gasteiger partial charge in [-0.15, -0.1) is 0 Å². The Morgan fingerprint density at radius 2 is 2.05 bits per heavy atom. The minimum Gasteiger partial charge on any atom is -0.356 e. The summed E-state index contributed by atoms with van der Waals surface area (Å²) >= 11 is 5.34. The second kappa shape index (κ2) is 6.48. The minimum absolute atomic E-state index is 0.159. The predicted octanol–water partition coefficient (Wildman–Crippen LogP) is 3.75. The van der Waals surface area contributed by atoms with Gasteiger partial charge < -0.3 is 10.6 Å². The summed E-state index contributed by atoms with van der Waals surface area (Å²) in [5, 5.41) is 7.04. The summed E-state index contributed by atoms with van der Waals surface area (Å²) in [6.07, 6.45) is 3.48. The Morgan fingerprint density at radius 1 is 1.25 bits per heavy atom. The van der Waals surface area contributed by atoms with E-state index in [1.807, 2.05) is 12.1 Å². The van der Waals surface area contributed by atoms with Gasteiger partial charge in [-0.05, 0) is 56.2 Å². The number of hydrogen-bond donors (Lipinski definition) is 2. The van der Waals surface area contributed by atoms with E-state index in [9.17, 15) is 0 Å². The van der Waals surface area contributed by atoms with Crippen LogP contribution in [0.25, 0.3) is 0 Å². The van der Waals surface area contributed by atoms with Crippen molar-refractivity contribution in [3.05, 3.63) is 59.4 Å². The van der Waals surface area contributed by atoms with Gasteiger partial charge in [0.2, 0.25) is 0 Å². The highest BCUT2D eigenvalue weighted by molar-refractivity contribution is 7.80. The van der Waals surface area contributed by atoms with E-state index in [1.54, 1.807) is 12.4 Å². The third-order valence-electron chi connectivity index (χ3n) is 3.17. The molecule has 1 atom stereocenters. The molecule has 1 aromatic heterocycles. The van der Waals surface area contributed by atoms with E-state index in [-0.39, 0.29) is 6.04 Å². The van der Waals surface area contributed by atoms with E-state index >= 15 is 0 Å². The Hall–Kier alpha value is -1.94. The van der Waals surface area contributed by atoms with E-state index in [2.05, 4.69) is 54.6 Å². The highest BCUT2D eigenvalue weighted by atomic mass is 32.1. The molecule has 0 aliphatic carbocycles. The molecule has 3 nitrogen and oxygen atoms in total. The molecule has 0 spiro atoms. The van der Waals surface area contributed by atoms with Crippen molar-refractivity contribution < 1.29 is 0 Å². The van der Waals surface area contributed by atoms with Gasteiger partial charge in [-0.25, -0.2) is 0 Å². The summed E-state index contributed by atoms with van der Waals surface area (Å²) in [5.74, 6) is 0. The molecule has 0 amide bonds. The third-order valence-corrected chi connectivity index (χ3v) is 3.39. The topological polar surface area (TPSA) is 37.0 Å². The highest BCUT2D eigenvalue weighted by Gasteiger charge is 2.10. The number of aryl methyl sites for hydroxylation is 2. The van der Waals surface area contributed by atoms with E-state index < -0.39 is 0 Å². The van der Waals surface area contributed by atoms with Crippen LogP contribution in [0.4, 0.5) is 5.69 Å². The van der Waals surface area contributed by atoms with Crippen molar-refractivity contribution >= 4 is 23.0 Å². The first-order valence-corrected chi connectivity index (χ1v) is 7.02. The van der Waals surface area contributed by atoms with Gasteiger partial charge >= 0.3 is 0 Å².